The number of rotatable bonds is 7. The highest BCUT2D eigenvalue weighted by atomic mass is 19.1. The maximum absolute atomic E-state index is 13.3. The van der Waals surface area contributed by atoms with E-state index in [0.29, 0.717) is 13.1 Å². The van der Waals surface area contributed by atoms with Crippen molar-refractivity contribution < 1.29 is 4.39 Å². The van der Waals surface area contributed by atoms with Gasteiger partial charge in [0.25, 0.3) is 0 Å². The summed E-state index contributed by atoms with van der Waals surface area (Å²) in [6.45, 7) is 4.83. The van der Waals surface area contributed by atoms with Gasteiger partial charge in [-0.05, 0) is 49.8 Å². The second kappa shape index (κ2) is 9.79. The molecule has 4 nitrogen and oxygen atoms in total. The number of aliphatic imine (C=N–C) groups is 1. The van der Waals surface area contributed by atoms with Crippen LogP contribution in [0.1, 0.15) is 23.6 Å². The van der Waals surface area contributed by atoms with Crippen LogP contribution >= 0.6 is 0 Å². The van der Waals surface area contributed by atoms with Crippen molar-refractivity contribution in [1.82, 2.24) is 15.5 Å². The molecule has 0 atom stereocenters. The van der Waals surface area contributed by atoms with Crippen LogP contribution in [0.15, 0.2) is 53.5 Å². The van der Waals surface area contributed by atoms with Gasteiger partial charge in [0.2, 0.25) is 0 Å². The monoisotopic (exact) mass is 342 g/mol. The van der Waals surface area contributed by atoms with Crippen LogP contribution in [0.2, 0.25) is 0 Å². The molecule has 0 saturated carbocycles. The number of guanidine groups is 1. The van der Waals surface area contributed by atoms with Crippen molar-refractivity contribution in [3.63, 3.8) is 0 Å². The summed E-state index contributed by atoms with van der Waals surface area (Å²) in [5.74, 6) is 0.495. The Morgan fingerprint density at radius 1 is 1.04 bits per heavy atom. The molecule has 0 bridgehead atoms. The second-order valence-corrected chi connectivity index (χ2v) is 6.19. The van der Waals surface area contributed by atoms with Gasteiger partial charge in [0.1, 0.15) is 5.82 Å². The highest BCUT2D eigenvalue weighted by Gasteiger charge is 2.04. The Hall–Kier alpha value is -2.40. The van der Waals surface area contributed by atoms with Crippen LogP contribution in [0.25, 0.3) is 0 Å². The number of hydrogen-bond donors (Lipinski definition) is 2. The summed E-state index contributed by atoms with van der Waals surface area (Å²) in [4.78, 5) is 6.70. The van der Waals surface area contributed by atoms with Gasteiger partial charge in [-0.2, -0.15) is 0 Å². The average molecular weight is 342 g/mol. The summed E-state index contributed by atoms with van der Waals surface area (Å²) in [6, 6.07) is 14.9. The Labute approximate surface area is 149 Å². The van der Waals surface area contributed by atoms with Crippen LogP contribution in [0, 0.1) is 5.82 Å². The zero-order chi connectivity index (χ0) is 18.1. The molecule has 2 rings (SSSR count). The SMILES string of the molecule is CCNC(=NCc1cccc(F)c1)NCc1ccccc1CN(C)C. The molecule has 0 amide bonds. The Kier molecular flexibility index (Phi) is 7.41. The van der Waals surface area contributed by atoms with E-state index in [-0.39, 0.29) is 5.82 Å². The van der Waals surface area contributed by atoms with E-state index >= 15 is 0 Å². The van der Waals surface area contributed by atoms with Gasteiger partial charge >= 0.3 is 0 Å². The first-order chi connectivity index (χ1) is 12.1. The maximum atomic E-state index is 13.3. The van der Waals surface area contributed by atoms with Crippen molar-refractivity contribution in [3.05, 3.63) is 71.0 Å². The van der Waals surface area contributed by atoms with Crippen LogP contribution in [-0.4, -0.2) is 31.5 Å². The van der Waals surface area contributed by atoms with Crippen LogP contribution in [0.5, 0.6) is 0 Å². The lowest BCUT2D eigenvalue weighted by atomic mass is 10.1. The molecule has 2 N–H and O–H groups in total. The molecule has 0 aromatic heterocycles. The summed E-state index contributed by atoms with van der Waals surface area (Å²) in [7, 11) is 4.13. The molecule has 0 aliphatic heterocycles. The summed E-state index contributed by atoms with van der Waals surface area (Å²) in [5.41, 5.74) is 3.39. The third-order valence-corrected chi connectivity index (χ3v) is 3.70. The van der Waals surface area contributed by atoms with Crippen LogP contribution < -0.4 is 10.6 Å². The standard InChI is InChI=1S/C20H27FN4/c1-4-22-20(23-13-16-8-7-11-19(21)12-16)24-14-17-9-5-6-10-18(17)15-25(2)3/h5-12H,4,13-15H2,1-3H3,(H2,22,23,24). The Balaban J connectivity index is 2.03. The van der Waals surface area contributed by atoms with Gasteiger partial charge in [-0.3, -0.25) is 0 Å². The highest BCUT2D eigenvalue weighted by molar-refractivity contribution is 5.79. The molecule has 0 unspecified atom stereocenters. The summed E-state index contributed by atoms with van der Waals surface area (Å²) in [6.07, 6.45) is 0. The van der Waals surface area contributed by atoms with Crippen molar-refractivity contribution in [2.75, 3.05) is 20.6 Å². The van der Waals surface area contributed by atoms with Crippen LogP contribution in [-0.2, 0) is 19.6 Å². The minimum atomic E-state index is -0.233. The van der Waals surface area contributed by atoms with Crippen LogP contribution in [0.3, 0.4) is 0 Å². The number of nitrogens with zero attached hydrogens (tertiary/aromatic N) is 2. The lowest BCUT2D eigenvalue weighted by Crippen LogP contribution is -2.37. The van der Waals surface area contributed by atoms with Crippen LogP contribution in [0.4, 0.5) is 4.39 Å². The lowest BCUT2D eigenvalue weighted by Gasteiger charge is -2.16. The number of hydrogen-bond acceptors (Lipinski definition) is 2. The van der Waals surface area contributed by atoms with Gasteiger partial charge in [-0.15, -0.1) is 0 Å². The summed E-state index contributed by atoms with van der Waals surface area (Å²) in [5, 5.41) is 6.59. The third-order valence-electron chi connectivity index (χ3n) is 3.70. The molecule has 0 aliphatic rings. The Morgan fingerprint density at radius 2 is 1.80 bits per heavy atom. The predicted molar refractivity (Wildman–Crippen MR) is 102 cm³/mol. The molecule has 0 fully saturated rings. The minimum absolute atomic E-state index is 0.233. The topological polar surface area (TPSA) is 39.7 Å². The smallest absolute Gasteiger partial charge is 0.191 e. The largest absolute Gasteiger partial charge is 0.357 e. The van der Waals surface area contributed by atoms with E-state index in [0.717, 1.165) is 24.6 Å². The van der Waals surface area contributed by atoms with E-state index < -0.39 is 0 Å². The molecule has 2 aromatic rings. The van der Waals surface area contributed by atoms with E-state index in [1.165, 1.54) is 23.3 Å². The first-order valence-electron chi connectivity index (χ1n) is 8.56. The molecule has 0 heterocycles. The van der Waals surface area contributed by atoms with E-state index in [2.05, 4.69) is 52.8 Å². The van der Waals surface area contributed by atoms with Crippen molar-refractivity contribution in [3.8, 4) is 0 Å². The van der Waals surface area contributed by atoms with Gasteiger partial charge in [0.05, 0.1) is 6.54 Å². The number of halogens is 1. The van der Waals surface area contributed by atoms with Crippen molar-refractivity contribution in [2.45, 2.75) is 26.6 Å². The summed E-state index contributed by atoms with van der Waals surface area (Å²) < 4.78 is 13.3. The Morgan fingerprint density at radius 3 is 2.48 bits per heavy atom. The molecular formula is C20H27FN4. The molecule has 5 heteroatoms. The normalized spacial score (nSPS) is 11.6. The molecule has 0 radical (unpaired) electrons. The zero-order valence-electron chi connectivity index (χ0n) is 15.2. The molecule has 134 valence electrons. The summed E-state index contributed by atoms with van der Waals surface area (Å²) >= 11 is 0. The fourth-order valence-electron chi connectivity index (χ4n) is 2.55. The van der Waals surface area contributed by atoms with Crippen molar-refractivity contribution in [2.24, 2.45) is 4.99 Å². The number of nitrogens with one attached hydrogen (secondary N) is 2. The lowest BCUT2D eigenvalue weighted by molar-refractivity contribution is 0.400. The van der Waals surface area contributed by atoms with Gasteiger partial charge in [0, 0.05) is 19.6 Å². The van der Waals surface area contributed by atoms with Gasteiger partial charge < -0.3 is 15.5 Å². The molecule has 2 aromatic carbocycles. The van der Waals surface area contributed by atoms with Gasteiger partial charge in [-0.1, -0.05) is 36.4 Å². The quantitative estimate of drug-likeness (QED) is 0.600. The number of benzene rings is 2. The van der Waals surface area contributed by atoms with Crippen molar-refractivity contribution >= 4 is 5.96 Å². The van der Waals surface area contributed by atoms with Gasteiger partial charge in [0.15, 0.2) is 5.96 Å². The molecule has 0 saturated heterocycles. The van der Waals surface area contributed by atoms with E-state index in [1.54, 1.807) is 6.07 Å². The minimum Gasteiger partial charge on any atom is -0.357 e. The zero-order valence-corrected chi connectivity index (χ0v) is 15.2. The van der Waals surface area contributed by atoms with Gasteiger partial charge in [-0.25, -0.2) is 9.38 Å². The first-order valence-corrected chi connectivity index (χ1v) is 8.56. The second-order valence-electron chi connectivity index (χ2n) is 6.19. The van der Waals surface area contributed by atoms with E-state index in [4.69, 9.17) is 0 Å². The fraction of sp³-hybridized carbons (Fsp3) is 0.350. The van der Waals surface area contributed by atoms with E-state index in [1.807, 2.05) is 19.1 Å². The van der Waals surface area contributed by atoms with Crippen molar-refractivity contribution in [1.29, 1.82) is 0 Å². The molecular weight excluding hydrogens is 315 g/mol. The third kappa shape index (κ3) is 6.55. The maximum Gasteiger partial charge on any atom is 0.191 e. The average Bonchev–Trinajstić information content (AvgIpc) is 2.58. The van der Waals surface area contributed by atoms with E-state index in [9.17, 15) is 4.39 Å². The highest BCUT2D eigenvalue weighted by Crippen LogP contribution is 2.10. The first kappa shape index (κ1) is 18.9. The molecule has 0 aliphatic carbocycles. The Bertz CT molecular complexity index is 698. The fourth-order valence-corrected chi connectivity index (χ4v) is 2.55. The molecule has 0 spiro atoms. The predicted octanol–water partition coefficient (Wildman–Crippen LogP) is 3.14. The molecule has 25 heavy (non-hydrogen) atoms.